The number of carbonyl (C=O) groups excluding carboxylic acids is 1. The number of rotatable bonds is 2. The molecule has 1 amide bonds. The van der Waals surface area contributed by atoms with Crippen molar-refractivity contribution in [3.63, 3.8) is 0 Å². The van der Waals surface area contributed by atoms with Crippen molar-refractivity contribution >= 4 is 15.7 Å². The van der Waals surface area contributed by atoms with Crippen molar-refractivity contribution in [2.75, 3.05) is 18.6 Å². The quantitative estimate of drug-likeness (QED) is 0.584. The maximum atomic E-state index is 11.1. The minimum atomic E-state index is -2.95. The molecule has 0 radical (unpaired) electrons. The maximum absolute atomic E-state index is 11.1. The minimum absolute atomic E-state index is 0.0385. The Labute approximate surface area is 77.6 Å². The third kappa shape index (κ3) is 2.00. The van der Waals surface area contributed by atoms with Crippen LogP contribution in [0.1, 0.15) is 12.8 Å². The van der Waals surface area contributed by atoms with Gasteiger partial charge in [0.1, 0.15) is 9.84 Å². The van der Waals surface area contributed by atoms with E-state index in [4.69, 9.17) is 5.73 Å². The van der Waals surface area contributed by atoms with Crippen LogP contribution < -0.4 is 11.1 Å². The molecule has 0 aliphatic carbocycles. The third-order valence-corrected chi connectivity index (χ3v) is 4.28. The molecule has 0 aromatic carbocycles. The fourth-order valence-electron chi connectivity index (χ4n) is 1.51. The number of nitrogens with one attached hydrogen (secondary N) is 1. The van der Waals surface area contributed by atoms with E-state index < -0.39 is 21.3 Å². The summed E-state index contributed by atoms with van der Waals surface area (Å²) in [5.74, 6) is -0.391. The number of nitrogens with two attached hydrogens (primary N) is 1. The van der Waals surface area contributed by atoms with Crippen molar-refractivity contribution in [2.24, 2.45) is 5.73 Å². The lowest BCUT2D eigenvalue weighted by Crippen LogP contribution is -2.57. The second-order valence-electron chi connectivity index (χ2n) is 3.35. The zero-order valence-corrected chi connectivity index (χ0v) is 8.36. The first-order valence-electron chi connectivity index (χ1n) is 4.11. The lowest BCUT2D eigenvalue weighted by molar-refractivity contribution is -0.124. The van der Waals surface area contributed by atoms with Crippen LogP contribution in [-0.4, -0.2) is 38.4 Å². The molecule has 76 valence electrons. The molecule has 0 spiro atoms. The highest BCUT2D eigenvalue weighted by Gasteiger charge is 2.40. The van der Waals surface area contributed by atoms with E-state index >= 15 is 0 Å². The lowest BCUT2D eigenvalue weighted by atomic mass is 9.92. The summed E-state index contributed by atoms with van der Waals surface area (Å²) in [5.41, 5.74) is 4.39. The molecule has 0 aromatic heterocycles. The van der Waals surface area contributed by atoms with Crippen LogP contribution in [0.4, 0.5) is 0 Å². The van der Waals surface area contributed by atoms with Gasteiger partial charge in [-0.3, -0.25) is 4.79 Å². The Hall–Kier alpha value is -0.620. The van der Waals surface area contributed by atoms with Gasteiger partial charge in [0.15, 0.2) is 0 Å². The van der Waals surface area contributed by atoms with Crippen molar-refractivity contribution in [3.05, 3.63) is 0 Å². The first kappa shape index (κ1) is 10.5. The number of primary amides is 1. The molecule has 0 atom stereocenters. The fourth-order valence-corrected chi connectivity index (χ4v) is 3.03. The van der Waals surface area contributed by atoms with E-state index in [1.165, 1.54) is 0 Å². The van der Waals surface area contributed by atoms with Gasteiger partial charge in [-0.2, -0.15) is 0 Å². The second-order valence-corrected chi connectivity index (χ2v) is 5.65. The van der Waals surface area contributed by atoms with Crippen molar-refractivity contribution in [3.8, 4) is 0 Å². The number of carbonyl (C=O) groups is 1. The van der Waals surface area contributed by atoms with Crippen molar-refractivity contribution in [1.82, 2.24) is 5.32 Å². The van der Waals surface area contributed by atoms with Gasteiger partial charge < -0.3 is 11.1 Å². The summed E-state index contributed by atoms with van der Waals surface area (Å²) < 4.78 is 22.2. The molecule has 3 N–H and O–H groups in total. The van der Waals surface area contributed by atoms with E-state index in [-0.39, 0.29) is 24.3 Å². The molecule has 0 saturated carbocycles. The molecule has 1 aliphatic heterocycles. The van der Waals surface area contributed by atoms with Crippen molar-refractivity contribution in [2.45, 2.75) is 18.4 Å². The molecule has 1 rings (SSSR count). The van der Waals surface area contributed by atoms with Gasteiger partial charge in [0.2, 0.25) is 5.91 Å². The van der Waals surface area contributed by atoms with Gasteiger partial charge in [-0.25, -0.2) is 8.42 Å². The highest BCUT2D eigenvalue weighted by Crippen LogP contribution is 2.22. The molecule has 1 fully saturated rings. The highest BCUT2D eigenvalue weighted by atomic mass is 32.2. The van der Waals surface area contributed by atoms with Gasteiger partial charge >= 0.3 is 0 Å². The average Bonchev–Trinajstić information content (AvgIpc) is 2.05. The molecule has 0 aromatic rings. The highest BCUT2D eigenvalue weighted by molar-refractivity contribution is 7.91. The normalized spacial score (nSPS) is 25.3. The largest absolute Gasteiger partial charge is 0.368 e. The predicted octanol–water partition coefficient (Wildman–Crippen LogP) is -1.36. The van der Waals surface area contributed by atoms with Gasteiger partial charge in [-0.05, 0) is 19.9 Å². The first-order chi connectivity index (χ1) is 5.92. The smallest absolute Gasteiger partial charge is 0.237 e. The van der Waals surface area contributed by atoms with Crippen molar-refractivity contribution in [1.29, 1.82) is 0 Å². The average molecular weight is 206 g/mol. The molecule has 1 saturated heterocycles. The minimum Gasteiger partial charge on any atom is -0.368 e. The zero-order valence-electron chi connectivity index (χ0n) is 7.54. The maximum Gasteiger partial charge on any atom is 0.237 e. The Morgan fingerprint density at radius 1 is 1.38 bits per heavy atom. The van der Waals surface area contributed by atoms with E-state index in [2.05, 4.69) is 5.32 Å². The number of hydrogen-bond acceptors (Lipinski definition) is 4. The standard InChI is InChI=1S/C7H14N2O3S/c1-9-7(6(8)10)2-4-13(11,12)5-3-7/h9H,2-5H2,1H3,(H2,8,10). The number of likely N-dealkylation sites (N-methyl/N-ethyl adjacent to an activating group) is 1. The van der Waals surface area contributed by atoms with Crippen LogP contribution in [0.25, 0.3) is 0 Å². The van der Waals surface area contributed by atoms with Crippen LogP contribution in [-0.2, 0) is 14.6 Å². The van der Waals surface area contributed by atoms with Crippen LogP contribution in [0.2, 0.25) is 0 Å². The lowest BCUT2D eigenvalue weighted by Gasteiger charge is -2.33. The van der Waals surface area contributed by atoms with Crippen LogP contribution in [0, 0.1) is 0 Å². The van der Waals surface area contributed by atoms with E-state index in [0.717, 1.165) is 0 Å². The molecular weight excluding hydrogens is 192 g/mol. The summed E-state index contributed by atoms with van der Waals surface area (Å²) in [6.07, 6.45) is 0.558. The monoisotopic (exact) mass is 206 g/mol. The number of amides is 1. The Morgan fingerprint density at radius 2 is 1.85 bits per heavy atom. The van der Waals surface area contributed by atoms with Gasteiger partial charge in [-0.15, -0.1) is 0 Å². The van der Waals surface area contributed by atoms with Crippen LogP contribution in [0.15, 0.2) is 0 Å². The Kier molecular flexibility index (Phi) is 2.63. The summed E-state index contributed by atoms with van der Waals surface area (Å²) in [7, 11) is -1.32. The van der Waals surface area contributed by atoms with Gasteiger partial charge in [0, 0.05) is 0 Å². The van der Waals surface area contributed by atoms with Crippen molar-refractivity contribution < 1.29 is 13.2 Å². The van der Waals surface area contributed by atoms with E-state index in [0.29, 0.717) is 0 Å². The molecule has 0 unspecified atom stereocenters. The molecule has 6 heteroatoms. The van der Waals surface area contributed by atoms with E-state index in [1.54, 1.807) is 7.05 Å². The van der Waals surface area contributed by atoms with E-state index in [9.17, 15) is 13.2 Å². The molecule has 13 heavy (non-hydrogen) atoms. The molecule has 5 nitrogen and oxygen atoms in total. The first-order valence-corrected chi connectivity index (χ1v) is 5.93. The summed E-state index contributed by atoms with van der Waals surface area (Å²) >= 11 is 0. The summed E-state index contributed by atoms with van der Waals surface area (Å²) in [6.45, 7) is 0. The van der Waals surface area contributed by atoms with Crippen LogP contribution in [0.5, 0.6) is 0 Å². The molecule has 0 bridgehead atoms. The van der Waals surface area contributed by atoms with E-state index in [1.807, 2.05) is 0 Å². The summed E-state index contributed by atoms with van der Waals surface area (Å²) in [5, 5.41) is 2.82. The van der Waals surface area contributed by atoms with Gasteiger partial charge in [0.25, 0.3) is 0 Å². The predicted molar refractivity (Wildman–Crippen MR) is 48.9 cm³/mol. The molecular formula is C7H14N2O3S. The zero-order chi connectivity index (χ0) is 10.1. The summed E-state index contributed by atoms with van der Waals surface area (Å²) in [6, 6.07) is 0. The fraction of sp³-hybridized carbons (Fsp3) is 0.857. The molecule has 1 aliphatic rings. The SMILES string of the molecule is CNC1(C(N)=O)CCS(=O)(=O)CC1. The van der Waals surface area contributed by atoms with Crippen LogP contribution >= 0.6 is 0 Å². The summed E-state index contributed by atoms with van der Waals surface area (Å²) in [4.78, 5) is 11.1. The number of hydrogen-bond donors (Lipinski definition) is 2. The van der Waals surface area contributed by atoms with Crippen LogP contribution in [0.3, 0.4) is 0 Å². The Bertz CT molecular complexity index is 296. The Morgan fingerprint density at radius 3 is 2.15 bits per heavy atom. The second kappa shape index (κ2) is 3.26. The molecule has 1 heterocycles. The topological polar surface area (TPSA) is 89.3 Å². The third-order valence-electron chi connectivity index (χ3n) is 2.63. The van der Waals surface area contributed by atoms with Gasteiger partial charge in [-0.1, -0.05) is 0 Å². The Balaban J connectivity index is 2.81. The van der Waals surface area contributed by atoms with Gasteiger partial charge in [0.05, 0.1) is 17.0 Å². The number of sulfone groups is 1.